The third-order valence-corrected chi connectivity index (χ3v) is 1.41. The molecule has 1 aromatic rings. The number of hydrogen-bond acceptors (Lipinski definition) is 3. The molecule has 1 amide bonds. The van der Waals surface area contributed by atoms with Gasteiger partial charge in [0.25, 0.3) is 0 Å². The molecule has 1 rings (SSSR count). The Morgan fingerprint density at radius 3 is 2.77 bits per heavy atom. The van der Waals surface area contributed by atoms with E-state index in [2.05, 4.69) is 5.43 Å². The molecule has 0 aliphatic carbocycles. The second kappa shape index (κ2) is 4.20. The van der Waals surface area contributed by atoms with Crippen molar-refractivity contribution in [2.24, 2.45) is 0 Å². The first-order valence-corrected chi connectivity index (χ1v) is 3.62. The normalized spacial score (nSPS) is 9.00. The van der Waals surface area contributed by atoms with Gasteiger partial charge in [-0.2, -0.15) is 0 Å². The smallest absolute Gasteiger partial charge is 0.423 e. The number of carboxylic acid groups (broad SMARTS) is 1. The summed E-state index contributed by atoms with van der Waals surface area (Å²) in [4.78, 5) is 10.2. The van der Waals surface area contributed by atoms with Crippen molar-refractivity contribution in [1.82, 2.24) is 5.43 Å². The molecule has 0 aliphatic rings. The SMILES string of the molecule is COc1ccccc1NNC(=O)O. The number of amides is 1. The van der Waals surface area contributed by atoms with E-state index in [-0.39, 0.29) is 0 Å². The lowest BCUT2D eigenvalue weighted by Crippen LogP contribution is -2.27. The minimum absolute atomic E-state index is 0.576. The number of methoxy groups -OCH3 is 1. The Labute approximate surface area is 75.3 Å². The summed E-state index contributed by atoms with van der Waals surface area (Å²) in [5.74, 6) is 0.580. The summed E-state index contributed by atoms with van der Waals surface area (Å²) in [6.45, 7) is 0. The van der Waals surface area contributed by atoms with Crippen LogP contribution < -0.4 is 15.6 Å². The Hall–Kier alpha value is -1.91. The molecule has 5 heteroatoms. The Bertz CT molecular complexity index is 301. The van der Waals surface area contributed by atoms with Gasteiger partial charge in [0, 0.05) is 0 Å². The summed E-state index contributed by atoms with van der Waals surface area (Å²) in [5, 5.41) is 8.32. The van der Waals surface area contributed by atoms with Crippen LogP contribution in [0.4, 0.5) is 10.5 Å². The van der Waals surface area contributed by atoms with Crippen molar-refractivity contribution in [3.8, 4) is 5.75 Å². The van der Waals surface area contributed by atoms with Gasteiger partial charge in [0.2, 0.25) is 0 Å². The monoisotopic (exact) mass is 182 g/mol. The van der Waals surface area contributed by atoms with E-state index in [1.165, 1.54) is 7.11 Å². The highest BCUT2D eigenvalue weighted by atomic mass is 16.5. The van der Waals surface area contributed by atoms with Crippen molar-refractivity contribution >= 4 is 11.8 Å². The van der Waals surface area contributed by atoms with Gasteiger partial charge in [0.05, 0.1) is 12.8 Å². The molecule has 3 N–H and O–H groups in total. The molecule has 0 saturated heterocycles. The maximum atomic E-state index is 10.2. The average Bonchev–Trinajstić information content (AvgIpc) is 2.15. The minimum atomic E-state index is -1.15. The van der Waals surface area contributed by atoms with Crippen molar-refractivity contribution < 1.29 is 14.6 Å². The van der Waals surface area contributed by atoms with Gasteiger partial charge in [-0.1, -0.05) is 12.1 Å². The Kier molecular flexibility index (Phi) is 2.97. The predicted octanol–water partition coefficient (Wildman–Crippen LogP) is 1.29. The van der Waals surface area contributed by atoms with Crippen LogP contribution in [0.25, 0.3) is 0 Å². The van der Waals surface area contributed by atoms with Crippen LogP contribution in [0.15, 0.2) is 24.3 Å². The van der Waals surface area contributed by atoms with Crippen LogP contribution in [-0.4, -0.2) is 18.3 Å². The van der Waals surface area contributed by atoms with Gasteiger partial charge in [-0.15, -0.1) is 0 Å². The molecular weight excluding hydrogens is 172 g/mol. The van der Waals surface area contributed by atoms with Crippen LogP contribution in [-0.2, 0) is 0 Å². The predicted molar refractivity (Wildman–Crippen MR) is 47.8 cm³/mol. The van der Waals surface area contributed by atoms with Gasteiger partial charge in [-0.25, -0.2) is 10.2 Å². The highest BCUT2D eigenvalue weighted by Crippen LogP contribution is 2.21. The summed E-state index contributed by atoms with van der Waals surface area (Å²) >= 11 is 0. The van der Waals surface area contributed by atoms with Crippen LogP contribution in [0.3, 0.4) is 0 Å². The van der Waals surface area contributed by atoms with Crippen LogP contribution in [0.2, 0.25) is 0 Å². The molecule has 0 aromatic heterocycles. The lowest BCUT2D eigenvalue weighted by atomic mass is 10.3. The fourth-order valence-corrected chi connectivity index (χ4v) is 0.869. The van der Waals surface area contributed by atoms with E-state index in [1.807, 2.05) is 5.43 Å². The van der Waals surface area contributed by atoms with E-state index in [0.717, 1.165) is 0 Å². The number of para-hydroxylation sites is 2. The molecular formula is C8H10N2O3. The van der Waals surface area contributed by atoms with E-state index >= 15 is 0 Å². The first-order chi connectivity index (χ1) is 6.24. The Balaban J connectivity index is 2.69. The highest BCUT2D eigenvalue weighted by molar-refractivity contribution is 5.68. The summed E-state index contributed by atoms with van der Waals surface area (Å²) < 4.78 is 4.98. The molecule has 0 bridgehead atoms. The molecule has 1 aromatic carbocycles. The first kappa shape index (κ1) is 9.18. The second-order valence-electron chi connectivity index (χ2n) is 2.26. The molecule has 13 heavy (non-hydrogen) atoms. The molecule has 70 valence electrons. The van der Waals surface area contributed by atoms with Crippen LogP contribution >= 0.6 is 0 Å². The van der Waals surface area contributed by atoms with Crippen molar-refractivity contribution in [2.45, 2.75) is 0 Å². The topological polar surface area (TPSA) is 70.6 Å². The van der Waals surface area contributed by atoms with Crippen molar-refractivity contribution in [1.29, 1.82) is 0 Å². The Morgan fingerprint density at radius 2 is 2.15 bits per heavy atom. The van der Waals surface area contributed by atoms with Crippen molar-refractivity contribution in [3.05, 3.63) is 24.3 Å². The van der Waals surface area contributed by atoms with Gasteiger partial charge in [-0.05, 0) is 12.1 Å². The number of nitrogens with one attached hydrogen (secondary N) is 2. The Morgan fingerprint density at radius 1 is 1.46 bits per heavy atom. The number of hydrogen-bond donors (Lipinski definition) is 3. The van der Waals surface area contributed by atoms with Crippen LogP contribution in [0, 0.1) is 0 Å². The molecule has 0 heterocycles. The fourth-order valence-electron chi connectivity index (χ4n) is 0.869. The van der Waals surface area contributed by atoms with E-state index in [9.17, 15) is 4.79 Å². The van der Waals surface area contributed by atoms with E-state index in [0.29, 0.717) is 11.4 Å². The summed E-state index contributed by atoms with van der Waals surface area (Å²) in [7, 11) is 1.52. The second-order valence-corrected chi connectivity index (χ2v) is 2.26. The van der Waals surface area contributed by atoms with Gasteiger partial charge < -0.3 is 9.84 Å². The van der Waals surface area contributed by atoms with Crippen LogP contribution in [0.5, 0.6) is 5.75 Å². The number of hydrazine groups is 1. The molecule has 0 fully saturated rings. The molecule has 5 nitrogen and oxygen atoms in total. The van der Waals surface area contributed by atoms with Gasteiger partial charge in [0.1, 0.15) is 5.75 Å². The standard InChI is InChI=1S/C8H10N2O3/c1-13-7-5-3-2-4-6(7)9-10-8(11)12/h2-5,9-10H,1H3,(H,11,12). The van der Waals surface area contributed by atoms with Crippen LogP contribution in [0.1, 0.15) is 0 Å². The van der Waals surface area contributed by atoms with Gasteiger partial charge >= 0.3 is 6.09 Å². The zero-order valence-electron chi connectivity index (χ0n) is 7.07. The summed E-state index contributed by atoms with van der Waals surface area (Å²) in [6, 6.07) is 7.00. The number of benzene rings is 1. The quantitative estimate of drug-likeness (QED) is 0.616. The zero-order valence-corrected chi connectivity index (χ0v) is 7.07. The summed E-state index contributed by atoms with van der Waals surface area (Å²) in [6.07, 6.45) is -1.15. The number of carbonyl (C=O) groups is 1. The zero-order chi connectivity index (χ0) is 9.68. The lowest BCUT2D eigenvalue weighted by molar-refractivity contribution is 0.197. The van der Waals surface area contributed by atoms with E-state index in [4.69, 9.17) is 9.84 Å². The van der Waals surface area contributed by atoms with Crippen molar-refractivity contribution in [2.75, 3.05) is 12.5 Å². The third kappa shape index (κ3) is 2.55. The minimum Gasteiger partial charge on any atom is -0.495 e. The molecule has 0 atom stereocenters. The summed E-state index contributed by atoms with van der Waals surface area (Å²) in [5.41, 5.74) is 5.09. The molecule has 0 saturated carbocycles. The number of anilines is 1. The van der Waals surface area contributed by atoms with Crippen molar-refractivity contribution in [3.63, 3.8) is 0 Å². The number of ether oxygens (including phenoxy) is 1. The molecule has 0 radical (unpaired) electrons. The molecule has 0 unspecified atom stereocenters. The molecule has 0 aliphatic heterocycles. The van der Waals surface area contributed by atoms with E-state index < -0.39 is 6.09 Å². The molecule has 0 spiro atoms. The largest absolute Gasteiger partial charge is 0.495 e. The maximum Gasteiger partial charge on any atom is 0.423 e. The lowest BCUT2D eigenvalue weighted by Gasteiger charge is -2.09. The first-order valence-electron chi connectivity index (χ1n) is 3.62. The van der Waals surface area contributed by atoms with Gasteiger partial charge in [0.15, 0.2) is 0 Å². The maximum absolute atomic E-state index is 10.2. The fraction of sp³-hybridized carbons (Fsp3) is 0.125. The average molecular weight is 182 g/mol. The number of rotatable bonds is 3. The van der Waals surface area contributed by atoms with Gasteiger partial charge in [-0.3, -0.25) is 5.43 Å². The van der Waals surface area contributed by atoms with E-state index in [1.54, 1.807) is 24.3 Å². The third-order valence-electron chi connectivity index (χ3n) is 1.41. The highest BCUT2D eigenvalue weighted by Gasteiger charge is 2.00.